The molecule has 0 aromatic heterocycles. The number of halogens is 1. The second-order valence-corrected chi connectivity index (χ2v) is 5.41. The van der Waals surface area contributed by atoms with Crippen molar-refractivity contribution in [2.45, 2.75) is 0 Å². The number of amides is 2. The summed E-state index contributed by atoms with van der Waals surface area (Å²) in [6.07, 6.45) is 0. The van der Waals surface area contributed by atoms with E-state index in [4.69, 9.17) is 4.74 Å². The molecule has 0 fully saturated rings. The summed E-state index contributed by atoms with van der Waals surface area (Å²) in [5, 5.41) is 4.62. The van der Waals surface area contributed by atoms with Gasteiger partial charge in [-0.15, -0.1) is 0 Å². The van der Waals surface area contributed by atoms with E-state index in [-0.39, 0.29) is 16.8 Å². The summed E-state index contributed by atoms with van der Waals surface area (Å²) in [5.74, 6) is -3.72. The Hall–Kier alpha value is -3.75. The summed E-state index contributed by atoms with van der Waals surface area (Å²) in [7, 11) is 1.21. The van der Waals surface area contributed by atoms with Crippen LogP contribution in [0, 0.1) is 5.82 Å². The number of carbonyl (C=O) groups excluding carboxylic acids is 4. The van der Waals surface area contributed by atoms with Crippen LogP contribution in [0.3, 0.4) is 0 Å². The minimum Gasteiger partial charge on any atom is -0.465 e. The number of hydrogen-bond donors (Lipinski definition) is 2. The lowest BCUT2D eigenvalue weighted by Gasteiger charge is -2.10. The van der Waals surface area contributed by atoms with Gasteiger partial charge in [0.2, 0.25) is 0 Å². The number of para-hydroxylation sites is 1. The number of ether oxygens (including phenoxy) is 2. The Balaban J connectivity index is 1.82. The Morgan fingerprint density at radius 3 is 2.29 bits per heavy atom. The average Bonchev–Trinajstić information content (AvgIpc) is 2.70. The molecule has 0 aliphatic rings. The normalized spacial score (nSPS) is 9.93. The molecule has 0 aliphatic heterocycles. The third-order valence-electron chi connectivity index (χ3n) is 3.48. The van der Waals surface area contributed by atoms with E-state index in [9.17, 15) is 23.6 Å². The Bertz CT molecular complexity index is 899. The van der Waals surface area contributed by atoms with E-state index in [1.807, 2.05) is 0 Å². The second kappa shape index (κ2) is 9.81. The number of methoxy groups -OCH3 is 1. The molecule has 9 heteroatoms. The number of hydrogen-bond acceptors (Lipinski definition) is 6. The van der Waals surface area contributed by atoms with Crippen LogP contribution in [0.2, 0.25) is 0 Å². The topological polar surface area (TPSA) is 111 Å². The molecular weight excluding hydrogens is 371 g/mol. The molecule has 0 bridgehead atoms. The van der Waals surface area contributed by atoms with Crippen molar-refractivity contribution in [2.75, 3.05) is 25.6 Å². The van der Waals surface area contributed by atoms with Crippen LogP contribution in [-0.2, 0) is 19.1 Å². The zero-order valence-electron chi connectivity index (χ0n) is 14.9. The highest BCUT2D eigenvalue weighted by Gasteiger charge is 2.16. The van der Waals surface area contributed by atoms with Crippen LogP contribution < -0.4 is 10.6 Å². The first-order valence-corrected chi connectivity index (χ1v) is 8.08. The number of nitrogens with one attached hydrogen (secondary N) is 2. The Morgan fingerprint density at radius 2 is 1.61 bits per heavy atom. The van der Waals surface area contributed by atoms with E-state index < -0.39 is 42.7 Å². The molecule has 0 saturated heterocycles. The summed E-state index contributed by atoms with van der Waals surface area (Å²) in [4.78, 5) is 47.0. The smallest absolute Gasteiger partial charge is 0.339 e. The van der Waals surface area contributed by atoms with Gasteiger partial charge < -0.3 is 20.1 Å². The van der Waals surface area contributed by atoms with Gasteiger partial charge in [-0.25, -0.2) is 9.18 Å². The molecule has 146 valence electrons. The second-order valence-electron chi connectivity index (χ2n) is 5.41. The number of benzene rings is 2. The van der Waals surface area contributed by atoms with Gasteiger partial charge in [0, 0.05) is 0 Å². The van der Waals surface area contributed by atoms with Crippen molar-refractivity contribution < 1.29 is 33.0 Å². The Labute approximate surface area is 159 Å². The van der Waals surface area contributed by atoms with Crippen molar-refractivity contribution in [1.29, 1.82) is 0 Å². The summed E-state index contributed by atoms with van der Waals surface area (Å²) in [5.41, 5.74) is 0.123. The maximum atomic E-state index is 13.5. The van der Waals surface area contributed by atoms with Crippen molar-refractivity contribution in [2.24, 2.45) is 0 Å². The maximum absolute atomic E-state index is 13.5. The highest BCUT2D eigenvalue weighted by molar-refractivity contribution is 6.02. The first-order chi connectivity index (χ1) is 13.4. The molecule has 2 aromatic carbocycles. The zero-order valence-corrected chi connectivity index (χ0v) is 14.9. The van der Waals surface area contributed by atoms with E-state index in [1.54, 1.807) is 12.1 Å². The lowest BCUT2D eigenvalue weighted by atomic mass is 10.2. The Kier molecular flexibility index (Phi) is 7.21. The lowest BCUT2D eigenvalue weighted by Crippen LogP contribution is -2.32. The van der Waals surface area contributed by atoms with Gasteiger partial charge in [-0.3, -0.25) is 14.4 Å². The molecule has 0 saturated carbocycles. The monoisotopic (exact) mass is 388 g/mol. The largest absolute Gasteiger partial charge is 0.465 e. The third kappa shape index (κ3) is 5.63. The standard InChI is InChI=1S/C19H17FN2O6/c1-27-19(26)13-7-3-5-9-15(13)22-16(23)11-28-17(24)10-21-18(25)12-6-2-4-8-14(12)20/h2-9H,10-11H2,1H3,(H,21,25)(H,22,23). The van der Waals surface area contributed by atoms with Gasteiger partial charge in [0.05, 0.1) is 23.9 Å². The van der Waals surface area contributed by atoms with Gasteiger partial charge in [0.25, 0.3) is 11.8 Å². The predicted octanol–water partition coefficient (Wildman–Crippen LogP) is 1.52. The maximum Gasteiger partial charge on any atom is 0.339 e. The molecule has 0 aliphatic carbocycles. The van der Waals surface area contributed by atoms with Crippen LogP contribution >= 0.6 is 0 Å². The molecule has 0 unspecified atom stereocenters. The molecule has 28 heavy (non-hydrogen) atoms. The molecule has 2 aromatic rings. The van der Waals surface area contributed by atoms with Gasteiger partial charge in [-0.1, -0.05) is 24.3 Å². The van der Waals surface area contributed by atoms with Crippen molar-refractivity contribution in [1.82, 2.24) is 5.32 Å². The summed E-state index contributed by atoms with van der Waals surface area (Å²) in [6.45, 7) is -1.18. The van der Waals surface area contributed by atoms with Crippen molar-refractivity contribution >= 4 is 29.4 Å². The predicted molar refractivity (Wildman–Crippen MR) is 96.1 cm³/mol. The molecular formula is C19H17FN2O6. The number of carbonyl (C=O) groups is 4. The summed E-state index contributed by atoms with van der Waals surface area (Å²) < 4.78 is 22.8. The average molecular weight is 388 g/mol. The van der Waals surface area contributed by atoms with Gasteiger partial charge >= 0.3 is 11.9 Å². The molecule has 0 atom stereocenters. The molecule has 8 nitrogen and oxygen atoms in total. The van der Waals surface area contributed by atoms with Gasteiger partial charge in [-0.05, 0) is 24.3 Å². The van der Waals surface area contributed by atoms with Gasteiger partial charge in [-0.2, -0.15) is 0 Å². The van der Waals surface area contributed by atoms with Crippen LogP contribution in [0.5, 0.6) is 0 Å². The number of anilines is 1. The van der Waals surface area contributed by atoms with Crippen LogP contribution in [0.15, 0.2) is 48.5 Å². The van der Waals surface area contributed by atoms with Crippen LogP contribution in [0.25, 0.3) is 0 Å². The van der Waals surface area contributed by atoms with E-state index in [2.05, 4.69) is 15.4 Å². The van der Waals surface area contributed by atoms with Gasteiger partial charge in [0.1, 0.15) is 12.4 Å². The Morgan fingerprint density at radius 1 is 0.964 bits per heavy atom. The quantitative estimate of drug-likeness (QED) is 0.696. The van der Waals surface area contributed by atoms with Crippen LogP contribution in [-0.4, -0.2) is 44.0 Å². The molecule has 2 rings (SSSR count). The minimum absolute atomic E-state index is 0.141. The fraction of sp³-hybridized carbons (Fsp3) is 0.158. The molecule has 0 heterocycles. The summed E-state index contributed by atoms with van der Waals surface area (Å²) in [6, 6.07) is 11.4. The fourth-order valence-corrected chi connectivity index (χ4v) is 2.16. The number of rotatable bonds is 7. The van der Waals surface area contributed by atoms with Crippen molar-refractivity contribution in [3.05, 3.63) is 65.5 Å². The molecule has 0 spiro atoms. The lowest BCUT2D eigenvalue weighted by molar-refractivity contribution is -0.146. The highest BCUT2D eigenvalue weighted by Crippen LogP contribution is 2.15. The third-order valence-corrected chi connectivity index (χ3v) is 3.48. The summed E-state index contributed by atoms with van der Waals surface area (Å²) >= 11 is 0. The fourth-order valence-electron chi connectivity index (χ4n) is 2.16. The molecule has 0 radical (unpaired) electrons. The van der Waals surface area contributed by atoms with Crippen LogP contribution in [0.4, 0.5) is 10.1 Å². The molecule has 2 N–H and O–H groups in total. The van der Waals surface area contributed by atoms with Gasteiger partial charge in [0.15, 0.2) is 6.61 Å². The number of esters is 2. The van der Waals surface area contributed by atoms with E-state index >= 15 is 0 Å². The van der Waals surface area contributed by atoms with Crippen LogP contribution in [0.1, 0.15) is 20.7 Å². The molecule has 2 amide bonds. The van der Waals surface area contributed by atoms with E-state index in [0.29, 0.717) is 0 Å². The minimum atomic E-state index is -0.888. The highest BCUT2D eigenvalue weighted by atomic mass is 19.1. The first-order valence-electron chi connectivity index (χ1n) is 8.08. The van der Waals surface area contributed by atoms with E-state index in [1.165, 1.54) is 37.4 Å². The first kappa shape index (κ1) is 20.6. The zero-order chi connectivity index (χ0) is 20.5. The van der Waals surface area contributed by atoms with Crippen molar-refractivity contribution in [3.63, 3.8) is 0 Å². The van der Waals surface area contributed by atoms with Crippen molar-refractivity contribution in [3.8, 4) is 0 Å². The van der Waals surface area contributed by atoms with E-state index in [0.717, 1.165) is 6.07 Å². The SMILES string of the molecule is COC(=O)c1ccccc1NC(=O)COC(=O)CNC(=O)c1ccccc1F.